The Balaban J connectivity index is 1.83. The topological polar surface area (TPSA) is 39.3 Å². The molecule has 4 rings (SSSR count). The largest absolute Gasteiger partial charge is 0.385 e. The molecule has 2 aliphatic rings. The number of fused-ring (bicyclic) bond motifs is 4. The molecule has 2 aliphatic heterocycles. The lowest BCUT2D eigenvalue weighted by Gasteiger charge is -2.36. The minimum absolute atomic E-state index is 0.308. The Morgan fingerprint density at radius 2 is 2.05 bits per heavy atom. The smallest absolute Gasteiger partial charge is 0.109 e. The van der Waals surface area contributed by atoms with Crippen molar-refractivity contribution in [3.63, 3.8) is 0 Å². The summed E-state index contributed by atoms with van der Waals surface area (Å²) in [4.78, 5) is 5.95. The van der Waals surface area contributed by atoms with Gasteiger partial charge in [0.05, 0.1) is 0 Å². The maximum absolute atomic E-state index is 10.8. The van der Waals surface area contributed by atoms with Crippen LogP contribution in [-0.2, 0) is 6.42 Å². The number of aromatic nitrogens is 1. The van der Waals surface area contributed by atoms with Crippen LogP contribution in [0.2, 0.25) is 0 Å². The Bertz CT molecular complexity index is 604. The van der Waals surface area contributed by atoms with E-state index in [0.29, 0.717) is 6.04 Å². The summed E-state index contributed by atoms with van der Waals surface area (Å²) in [6.45, 7) is 2.22. The van der Waals surface area contributed by atoms with Gasteiger partial charge in [-0.25, -0.2) is 0 Å². The van der Waals surface area contributed by atoms with Crippen molar-refractivity contribution in [2.75, 3.05) is 13.1 Å². The lowest BCUT2D eigenvalue weighted by molar-refractivity contribution is 0.0294. The van der Waals surface area contributed by atoms with Crippen molar-refractivity contribution in [1.29, 1.82) is 0 Å². The average molecular weight is 256 g/mol. The Hall–Kier alpha value is -1.32. The molecular formula is C16H20N2O. The second-order valence-electron chi connectivity index (χ2n) is 5.86. The fraction of sp³-hybridized carbons (Fsp3) is 0.500. The number of piperidine rings is 1. The molecule has 1 aromatic carbocycles. The lowest BCUT2D eigenvalue weighted by Crippen LogP contribution is -2.42. The molecule has 1 saturated heterocycles. The van der Waals surface area contributed by atoms with Gasteiger partial charge in [0, 0.05) is 29.2 Å². The zero-order chi connectivity index (χ0) is 12.8. The quantitative estimate of drug-likeness (QED) is 0.760. The van der Waals surface area contributed by atoms with E-state index in [1.54, 1.807) is 0 Å². The number of nitrogens with one attached hydrogen (secondary N) is 1. The van der Waals surface area contributed by atoms with Gasteiger partial charge in [-0.1, -0.05) is 24.6 Å². The SMILES string of the molecule is OC1c2[nH]c3ccccc3c2CCN2CCCCC12. The molecule has 3 heterocycles. The van der Waals surface area contributed by atoms with E-state index < -0.39 is 0 Å². The summed E-state index contributed by atoms with van der Waals surface area (Å²) < 4.78 is 0. The molecule has 100 valence electrons. The Morgan fingerprint density at radius 1 is 1.16 bits per heavy atom. The fourth-order valence-corrected chi connectivity index (χ4v) is 3.84. The molecule has 0 bridgehead atoms. The third-order valence-corrected chi connectivity index (χ3v) is 4.82. The zero-order valence-electron chi connectivity index (χ0n) is 11.1. The van der Waals surface area contributed by atoms with E-state index in [4.69, 9.17) is 0 Å². The molecule has 2 aromatic rings. The van der Waals surface area contributed by atoms with Gasteiger partial charge in [-0.05, 0) is 37.4 Å². The number of hydrogen-bond acceptors (Lipinski definition) is 2. The molecular weight excluding hydrogens is 236 g/mol. The van der Waals surface area contributed by atoms with Gasteiger partial charge in [0.15, 0.2) is 0 Å². The predicted octanol–water partition coefficient (Wildman–Crippen LogP) is 2.61. The van der Waals surface area contributed by atoms with Crippen LogP contribution in [-0.4, -0.2) is 34.1 Å². The Labute approximate surface area is 113 Å². The van der Waals surface area contributed by atoms with E-state index in [1.165, 1.54) is 23.8 Å². The highest BCUT2D eigenvalue weighted by atomic mass is 16.3. The summed E-state index contributed by atoms with van der Waals surface area (Å²) in [5, 5.41) is 12.1. The first-order valence-electron chi connectivity index (χ1n) is 7.36. The molecule has 3 nitrogen and oxygen atoms in total. The number of nitrogens with zero attached hydrogens (tertiary/aromatic N) is 1. The van der Waals surface area contributed by atoms with E-state index in [0.717, 1.165) is 37.1 Å². The van der Waals surface area contributed by atoms with Crippen molar-refractivity contribution >= 4 is 10.9 Å². The third-order valence-electron chi connectivity index (χ3n) is 4.82. The number of aliphatic hydroxyl groups excluding tert-OH is 1. The summed E-state index contributed by atoms with van der Waals surface area (Å²) in [5.74, 6) is 0. The molecule has 0 aliphatic carbocycles. The zero-order valence-corrected chi connectivity index (χ0v) is 11.1. The van der Waals surface area contributed by atoms with Crippen LogP contribution in [0.25, 0.3) is 10.9 Å². The summed E-state index contributed by atoms with van der Waals surface area (Å²) >= 11 is 0. The van der Waals surface area contributed by atoms with Gasteiger partial charge in [-0.3, -0.25) is 4.90 Å². The van der Waals surface area contributed by atoms with Gasteiger partial charge in [0.25, 0.3) is 0 Å². The summed E-state index contributed by atoms with van der Waals surface area (Å²) in [6, 6.07) is 8.72. The number of para-hydroxylation sites is 1. The molecule has 1 fully saturated rings. The predicted molar refractivity (Wildman–Crippen MR) is 76.2 cm³/mol. The third kappa shape index (κ3) is 1.72. The number of benzene rings is 1. The molecule has 2 N–H and O–H groups in total. The first-order valence-corrected chi connectivity index (χ1v) is 7.36. The minimum Gasteiger partial charge on any atom is -0.385 e. The van der Waals surface area contributed by atoms with Crippen molar-refractivity contribution < 1.29 is 5.11 Å². The molecule has 1 aromatic heterocycles. The van der Waals surface area contributed by atoms with Crippen molar-refractivity contribution in [2.45, 2.75) is 37.8 Å². The first kappa shape index (κ1) is 11.5. The maximum atomic E-state index is 10.8. The molecule has 0 radical (unpaired) electrons. The number of hydrogen-bond donors (Lipinski definition) is 2. The van der Waals surface area contributed by atoms with Gasteiger partial charge in [0.2, 0.25) is 0 Å². The van der Waals surface area contributed by atoms with Gasteiger partial charge in [-0.2, -0.15) is 0 Å². The number of rotatable bonds is 0. The maximum Gasteiger partial charge on any atom is 0.109 e. The minimum atomic E-state index is -0.356. The van der Waals surface area contributed by atoms with E-state index >= 15 is 0 Å². The highest BCUT2D eigenvalue weighted by Crippen LogP contribution is 2.36. The average Bonchev–Trinajstić information content (AvgIpc) is 2.77. The Morgan fingerprint density at radius 3 is 3.00 bits per heavy atom. The summed E-state index contributed by atoms with van der Waals surface area (Å²) in [6.07, 6.45) is 4.33. The number of aromatic amines is 1. The van der Waals surface area contributed by atoms with Crippen LogP contribution in [0.3, 0.4) is 0 Å². The van der Waals surface area contributed by atoms with Crippen molar-refractivity contribution in [3.8, 4) is 0 Å². The van der Waals surface area contributed by atoms with E-state index in [9.17, 15) is 5.11 Å². The second-order valence-corrected chi connectivity index (χ2v) is 5.86. The van der Waals surface area contributed by atoms with Crippen LogP contribution in [0, 0.1) is 0 Å². The van der Waals surface area contributed by atoms with Gasteiger partial charge < -0.3 is 10.1 Å². The van der Waals surface area contributed by atoms with Gasteiger partial charge in [0.1, 0.15) is 6.10 Å². The standard InChI is InChI=1S/C16H20N2O/c19-16-14-7-3-4-9-18(14)10-8-12-11-5-1-2-6-13(11)17-15(12)16/h1-2,5-6,14,16-17,19H,3-4,7-10H2. The van der Waals surface area contributed by atoms with Crippen LogP contribution >= 0.6 is 0 Å². The van der Waals surface area contributed by atoms with E-state index in [2.05, 4.69) is 34.1 Å². The van der Waals surface area contributed by atoms with Crippen LogP contribution in [0.1, 0.15) is 36.6 Å². The highest BCUT2D eigenvalue weighted by molar-refractivity contribution is 5.85. The summed E-state index contributed by atoms with van der Waals surface area (Å²) in [5.41, 5.74) is 3.56. The molecule has 19 heavy (non-hydrogen) atoms. The van der Waals surface area contributed by atoms with Crippen LogP contribution in [0.4, 0.5) is 0 Å². The molecule has 0 saturated carbocycles. The van der Waals surface area contributed by atoms with Gasteiger partial charge in [-0.15, -0.1) is 0 Å². The first-order chi connectivity index (χ1) is 9.34. The van der Waals surface area contributed by atoms with Crippen molar-refractivity contribution in [1.82, 2.24) is 9.88 Å². The van der Waals surface area contributed by atoms with E-state index in [1.807, 2.05) is 0 Å². The van der Waals surface area contributed by atoms with Crippen molar-refractivity contribution in [3.05, 3.63) is 35.5 Å². The molecule has 0 spiro atoms. The van der Waals surface area contributed by atoms with Crippen LogP contribution in [0.15, 0.2) is 24.3 Å². The normalized spacial score (nSPS) is 27.8. The monoisotopic (exact) mass is 256 g/mol. The fourth-order valence-electron chi connectivity index (χ4n) is 3.84. The van der Waals surface area contributed by atoms with Crippen LogP contribution in [0.5, 0.6) is 0 Å². The van der Waals surface area contributed by atoms with E-state index in [-0.39, 0.29) is 6.10 Å². The molecule has 3 heteroatoms. The van der Waals surface area contributed by atoms with Crippen LogP contribution < -0.4 is 0 Å². The van der Waals surface area contributed by atoms with Crippen molar-refractivity contribution in [2.24, 2.45) is 0 Å². The number of aliphatic hydroxyl groups is 1. The Kier molecular flexibility index (Phi) is 2.64. The summed E-state index contributed by atoms with van der Waals surface area (Å²) in [7, 11) is 0. The number of H-pyrrole nitrogens is 1. The lowest BCUT2D eigenvalue weighted by atomic mass is 9.96. The molecule has 0 amide bonds. The second kappa shape index (κ2) is 4.36. The highest BCUT2D eigenvalue weighted by Gasteiger charge is 2.34. The van der Waals surface area contributed by atoms with Gasteiger partial charge >= 0.3 is 0 Å². The molecule has 2 atom stereocenters. The molecule has 2 unspecified atom stereocenters.